The molecule has 0 aliphatic rings. The normalized spacial score (nSPS) is 12.2. The Morgan fingerprint density at radius 1 is 1.24 bits per heavy atom. The summed E-state index contributed by atoms with van der Waals surface area (Å²) in [5.74, 6) is -7.44. The average Bonchev–Trinajstić information content (AvgIpc) is 2.33. The summed E-state index contributed by atoms with van der Waals surface area (Å²) in [6.45, 7) is 9.09. The van der Waals surface area contributed by atoms with Gasteiger partial charge in [-0.25, -0.2) is 4.39 Å². The van der Waals surface area contributed by atoms with Crippen molar-refractivity contribution in [3.05, 3.63) is 51.8 Å². The van der Waals surface area contributed by atoms with Crippen molar-refractivity contribution in [3.8, 4) is 0 Å². The van der Waals surface area contributed by atoms with E-state index in [1.807, 2.05) is 0 Å². The molecule has 0 aliphatic heterocycles. The number of carbonyl (C=O) groups excluding carboxylic acids is 2. The highest BCUT2D eigenvalue weighted by atomic mass is 19.1. The second-order valence-electron chi connectivity index (χ2n) is 6.17. The quantitative estimate of drug-likeness (QED) is 0.264. The van der Waals surface area contributed by atoms with Crippen LogP contribution in [-0.2, 0) is 19.1 Å². The standard InChI is InChI=1S/C16H17F2NO6/c1-8(2)24-14(20)12(15(21)25-16(3,4)5)10-6-9(17)7-11(18)13(10)19(22)23/h6-7,12H,1H2,2-5H3. The van der Waals surface area contributed by atoms with E-state index in [-0.39, 0.29) is 11.8 Å². The Morgan fingerprint density at radius 3 is 2.24 bits per heavy atom. The number of carbonyl (C=O) groups is 2. The molecule has 1 aromatic rings. The summed E-state index contributed by atoms with van der Waals surface area (Å²) in [7, 11) is 0. The number of hydrogen-bond donors (Lipinski definition) is 0. The van der Waals surface area contributed by atoms with Gasteiger partial charge in [-0.05, 0) is 33.8 Å². The minimum Gasteiger partial charge on any atom is -0.459 e. The number of nitrogens with zero attached hydrogens (tertiary/aromatic N) is 1. The zero-order valence-electron chi connectivity index (χ0n) is 14.1. The Kier molecular flexibility index (Phi) is 5.96. The van der Waals surface area contributed by atoms with Gasteiger partial charge in [0.1, 0.15) is 11.4 Å². The SMILES string of the molecule is C=C(C)OC(=O)C(C(=O)OC(C)(C)C)c1cc(F)cc(F)c1[N+](=O)[O-]. The highest BCUT2D eigenvalue weighted by Gasteiger charge is 2.40. The third-order valence-corrected chi connectivity index (χ3v) is 2.70. The fourth-order valence-corrected chi connectivity index (χ4v) is 1.94. The van der Waals surface area contributed by atoms with Crippen LogP contribution in [-0.4, -0.2) is 22.5 Å². The topological polar surface area (TPSA) is 95.7 Å². The van der Waals surface area contributed by atoms with E-state index in [9.17, 15) is 28.5 Å². The molecular weight excluding hydrogens is 340 g/mol. The van der Waals surface area contributed by atoms with Crippen molar-refractivity contribution >= 4 is 17.6 Å². The number of halogens is 2. The van der Waals surface area contributed by atoms with Gasteiger partial charge in [0, 0.05) is 6.07 Å². The van der Waals surface area contributed by atoms with Crippen molar-refractivity contribution in [1.82, 2.24) is 0 Å². The molecule has 0 spiro atoms. The molecule has 1 atom stereocenters. The first-order valence-corrected chi connectivity index (χ1v) is 7.07. The smallest absolute Gasteiger partial charge is 0.330 e. The minimum atomic E-state index is -2.05. The Bertz CT molecular complexity index is 739. The fourth-order valence-electron chi connectivity index (χ4n) is 1.94. The second kappa shape index (κ2) is 7.37. The van der Waals surface area contributed by atoms with Gasteiger partial charge < -0.3 is 9.47 Å². The summed E-state index contributed by atoms with van der Waals surface area (Å²) in [4.78, 5) is 34.6. The molecule has 0 aromatic heterocycles. The lowest BCUT2D eigenvalue weighted by atomic mass is 9.96. The Labute approximate surface area is 142 Å². The van der Waals surface area contributed by atoms with Crippen molar-refractivity contribution in [2.45, 2.75) is 39.2 Å². The third-order valence-electron chi connectivity index (χ3n) is 2.70. The molecule has 25 heavy (non-hydrogen) atoms. The lowest BCUT2D eigenvalue weighted by Gasteiger charge is -2.23. The number of benzene rings is 1. The number of esters is 2. The maximum absolute atomic E-state index is 13.8. The fraction of sp³-hybridized carbons (Fsp3) is 0.375. The van der Waals surface area contributed by atoms with E-state index in [0.29, 0.717) is 6.07 Å². The van der Waals surface area contributed by atoms with E-state index < -0.39 is 51.3 Å². The number of hydrogen-bond acceptors (Lipinski definition) is 6. The highest BCUT2D eigenvalue weighted by Crippen LogP contribution is 2.33. The van der Waals surface area contributed by atoms with Gasteiger partial charge in [0.25, 0.3) is 0 Å². The average molecular weight is 357 g/mol. The molecule has 0 heterocycles. The van der Waals surface area contributed by atoms with Gasteiger partial charge in [-0.2, -0.15) is 4.39 Å². The second-order valence-corrected chi connectivity index (χ2v) is 6.17. The molecule has 0 radical (unpaired) electrons. The summed E-state index contributed by atoms with van der Waals surface area (Å²) in [6, 6.07) is 0.799. The van der Waals surface area contributed by atoms with Gasteiger partial charge >= 0.3 is 17.6 Å². The molecule has 1 rings (SSSR count). The number of ether oxygens (including phenoxy) is 2. The zero-order valence-corrected chi connectivity index (χ0v) is 14.1. The van der Waals surface area contributed by atoms with Crippen LogP contribution in [0.5, 0.6) is 0 Å². The summed E-state index contributed by atoms with van der Waals surface area (Å²) in [5, 5.41) is 11.1. The van der Waals surface area contributed by atoms with Gasteiger partial charge in [-0.15, -0.1) is 0 Å². The van der Waals surface area contributed by atoms with Crippen LogP contribution < -0.4 is 0 Å². The zero-order chi connectivity index (χ0) is 19.5. The first kappa shape index (κ1) is 20.2. The van der Waals surface area contributed by atoms with Crippen LogP contribution in [0, 0.1) is 21.7 Å². The van der Waals surface area contributed by atoms with Crippen molar-refractivity contribution in [1.29, 1.82) is 0 Å². The largest absolute Gasteiger partial charge is 0.459 e. The van der Waals surface area contributed by atoms with Gasteiger partial charge in [0.05, 0.1) is 16.2 Å². The molecule has 0 N–H and O–H groups in total. The van der Waals surface area contributed by atoms with Gasteiger partial charge in [0.2, 0.25) is 5.82 Å². The predicted molar refractivity (Wildman–Crippen MR) is 82.5 cm³/mol. The molecule has 136 valence electrons. The van der Waals surface area contributed by atoms with Crippen LogP contribution in [0.3, 0.4) is 0 Å². The van der Waals surface area contributed by atoms with Crippen molar-refractivity contribution in [3.63, 3.8) is 0 Å². The van der Waals surface area contributed by atoms with Crippen LogP contribution in [0.1, 0.15) is 39.2 Å². The maximum Gasteiger partial charge on any atom is 0.330 e. The van der Waals surface area contributed by atoms with E-state index in [1.54, 1.807) is 0 Å². The van der Waals surface area contributed by atoms with Crippen molar-refractivity contribution < 1.29 is 32.8 Å². The van der Waals surface area contributed by atoms with Crippen LogP contribution in [0.2, 0.25) is 0 Å². The third kappa shape index (κ3) is 5.33. The summed E-state index contributed by atoms with van der Waals surface area (Å²) in [6.07, 6.45) is 0. The van der Waals surface area contributed by atoms with Crippen molar-refractivity contribution in [2.75, 3.05) is 0 Å². The lowest BCUT2D eigenvalue weighted by Crippen LogP contribution is -2.32. The predicted octanol–water partition coefficient (Wildman–Crippen LogP) is 3.38. The molecule has 9 heteroatoms. The van der Waals surface area contributed by atoms with E-state index in [1.165, 1.54) is 27.7 Å². The number of nitro benzene ring substituents is 1. The van der Waals surface area contributed by atoms with Crippen LogP contribution in [0.15, 0.2) is 24.5 Å². The van der Waals surface area contributed by atoms with E-state index in [4.69, 9.17) is 9.47 Å². The minimum absolute atomic E-state index is 0.113. The lowest BCUT2D eigenvalue weighted by molar-refractivity contribution is -0.388. The molecule has 0 amide bonds. The molecule has 0 saturated carbocycles. The highest BCUT2D eigenvalue weighted by molar-refractivity contribution is 6.02. The Balaban J connectivity index is 3.57. The molecule has 7 nitrogen and oxygen atoms in total. The van der Waals surface area contributed by atoms with E-state index >= 15 is 0 Å². The van der Waals surface area contributed by atoms with Crippen LogP contribution in [0.25, 0.3) is 0 Å². The van der Waals surface area contributed by atoms with E-state index in [0.717, 1.165) is 0 Å². The summed E-state index contributed by atoms with van der Waals surface area (Å²) < 4.78 is 37.2. The monoisotopic (exact) mass is 357 g/mol. The van der Waals surface area contributed by atoms with Gasteiger partial charge in [-0.1, -0.05) is 6.58 Å². The maximum atomic E-state index is 13.8. The Morgan fingerprint density at radius 2 is 1.80 bits per heavy atom. The molecule has 1 aromatic carbocycles. The summed E-state index contributed by atoms with van der Waals surface area (Å²) >= 11 is 0. The molecule has 0 fully saturated rings. The van der Waals surface area contributed by atoms with Gasteiger partial charge in [0.15, 0.2) is 5.92 Å². The number of allylic oxidation sites excluding steroid dienone is 1. The first-order chi connectivity index (χ1) is 11.3. The van der Waals surface area contributed by atoms with Gasteiger partial charge in [-0.3, -0.25) is 19.7 Å². The molecule has 1 unspecified atom stereocenters. The van der Waals surface area contributed by atoms with Crippen LogP contribution in [0.4, 0.5) is 14.5 Å². The first-order valence-electron chi connectivity index (χ1n) is 7.07. The van der Waals surface area contributed by atoms with Crippen LogP contribution >= 0.6 is 0 Å². The molecule has 0 saturated heterocycles. The van der Waals surface area contributed by atoms with E-state index in [2.05, 4.69) is 6.58 Å². The number of rotatable bonds is 5. The van der Waals surface area contributed by atoms with Crippen molar-refractivity contribution in [2.24, 2.45) is 0 Å². The Hall–Kier alpha value is -2.84. The summed E-state index contributed by atoms with van der Waals surface area (Å²) in [5.41, 5.74) is -3.07. The molecular formula is C16H17F2NO6. The number of nitro groups is 1. The molecule has 0 aliphatic carbocycles. The molecule has 0 bridgehead atoms.